The van der Waals surface area contributed by atoms with Crippen molar-refractivity contribution in [3.05, 3.63) is 5.01 Å². The van der Waals surface area contributed by atoms with E-state index in [1.807, 2.05) is 0 Å². The van der Waals surface area contributed by atoms with E-state index in [9.17, 15) is 14.4 Å². The summed E-state index contributed by atoms with van der Waals surface area (Å²) in [5.74, 6) is -0.462. The molecule has 0 aromatic carbocycles. The number of aromatic nitrogens is 2. The Morgan fingerprint density at radius 1 is 1.28 bits per heavy atom. The molecular formula is C16H23N5O3S. The van der Waals surface area contributed by atoms with Crippen molar-refractivity contribution >= 4 is 34.3 Å². The molecule has 1 saturated heterocycles. The van der Waals surface area contributed by atoms with Gasteiger partial charge >= 0.3 is 6.03 Å². The first-order chi connectivity index (χ1) is 12.0. The lowest BCUT2D eigenvalue weighted by Crippen LogP contribution is -2.48. The summed E-state index contributed by atoms with van der Waals surface area (Å²) in [5.41, 5.74) is -0.736. The lowest BCUT2D eigenvalue weighted by molar-refractivity contribution is -0.132. The quantitative estimate of drug-likeness (QED) is 0.751. The number of hydrogen-bond donors (Lipinski definition) is 2. The molecular weight excluding hydrogens is 342 g/mol. The van der Waals surface area contributed by atoms with Gasteiger partial charge in [0.05, 0.1) is 0 Å². The molecule has 25 heavy (non-hydrogen) atoms. The number of nitrogens with one attached hydrogen (secondary N) is 2. The maximum Gasteiger partial charge on any atom is 0.325 e. The van der Waals surface area contributed by atoms with E-state index in [-0.39, 0.29) is 30.8 Å². The van der Waals surface area contributed by atoms with Crippen LogP contribution in [0.15, 0.2) is 0 Å². The van der Waals surface area contributed by atoms with Gasteiger partial charge in [0.15, 0.2) is 0 Å². The third-order valence-corrected chi connectivity index (χ3v) is 5.59. The van der Waals surface area contributed by atoms with Gasteiger partial charge in [-0.15, -0.1) is 10.2 Å². The van der Waals surface area contributed by atoms with Crippen LogP contribution in [0.2, 0.25) is 0 Å². The second-order valence-corrected chi connectivity index (χ2v) is 7.64. The molecule has 9 heteroatoms. The maximum absolute atomic E-state index is 12.6. The predicted molar refractivity (Wildman–Crippen MR) is 93.2 cm³/mol. The van der Waals surface area contributed by atoms with E-state index < -0.39 is 5.54 Å². The molecule has 2 N–H and O–H groups in total. The van der Waals surface area contributed by atoms with Gasteiger partial charge in [-0.05, 0) is 19.3 Å². The summed E-state index contributed by atoms with van der Waals surface area (Å²) in [7, 11) is 0. The van der Waals surface area contributed by atoms with Crippen molar-refractivity contribution in [2.75, 3.05) is 11.9 Å². The first kappa shape index (κ1) is 17.8. The average Bonchev–Trinajstić information content (AvgIpc) is 3.11. The van der Waals surface area contributed by atoms with Crippen LogP contribution in [-0.2, 0) is 16.0 Å². The van der Waals surface area contributed by atoms with Crippen LogP contribution in [0.1, 0.15) is 56.9 Å². The lowest BCUT2D eigenvalue weighted by atomic mass is 9.82. The highest BCUT2D eigenvalue weighted by Gasteiger charge is 2.51. The Bertz CT molecular complexity index is 668. The zero-order valence-corrected chi connectivity index (χ0v) is 15.2. The van der Waals surface area contributed by atoms with E-state index in [1.54, 1.807) is 0 Å². The van der Waals surface area contributed by atoms with Crippen molar-refractivity contribution in [2.24, 2.45) is 0 Å². The van der Waals surface area contributed by atoms with E-state index in [2.05, 4.69) is 27.8 Å². The SMILES string of the molecule is CCCc1nnc(NC(=O)CCN2C(=O)NC3(CCCCC3)C2=O)s1. The minimum Gasteiger partial charge on any atom is -0.323 e. The number of hydrogen-bond acceptors (Lipinski definition) is 6. The summed E-state index contributed by atoms with van der Waals surface area (Å²) < 4.78 is 0. The molecule has 0 radical (unpaired) electrons. The average molecular weight is 365 g/mol. The second-order valence-electron chi connectivity index (χ2n) is 6.58. The lowest BCUT2D eigenvalue weighted by Gasteiger charge is -2.30. The van der Waals surface area contributed by atoms with Crippen LogP contribution in [0, 0.1) is 0 Å². The topological polar surface area (TPSA) is 104 Å². The van der Waals surface area contributed by atoms with Gasteiger partial charge in [0, 0.05) is 19.4 Å². The van der Waals surface area contributed by atoms with Gasteiger partial charge in [-0.25, -0.2) is 4.79 Å². The van der Waals surface area contributed by atoms with Crippen LogP contribution in [0.25, 0.3) is 0 Å². The maximum atomic E-state index is 12.6. The molecule has 1 aromatic heterocycles. The molecule has 0 bridgehead atoms. The van der Waals surface area contributed by atoms with Crippen molar-refractivity contribution in [3.63, 3.8) is 0 Å². The van der Waals surface area contributed by atoms with Gasteiger partial charge in [-0.2, -0.15) is 0 Å². The van der Waals surface area contributed by atoms with Gasteiger partial charge in [0.2, 0.25) is 11.0 Å². The molecule has 1 aliphatic carbocycles. The zero-order chi connectivity index (χ0) is 17.9. The highest BCUT2D eigenvalue weighted by atomic mass is 32.1. The largest absolute Gasteiger partial charge is 0.325 e. The Kier molecular flexibility index (Phi) is 5.31. The smallest absolute Gasteiger partial charge is 0.323 e. The van der Waals surface area contributed by atoms with Crippen molar-refractivity contribution in [3.8, 4) is 0 Å². The normalized spacial score (nSPS) is 19.3. The Balaban J connectivity index is 1.53. The third kappa shape index (κ3) is 3.81. The number of carbonyl (C=O) groups excluding carboxylic acids is 3. The fourth-order valence-corrected chi connectivity index (χ4v) is 4.25. The molecule has 2 aliphatic rings. The molecule has 2 heterocycles. The highest BCUT2D eigenvalue weighted by molar-refractivity contribution is 7.15. The molecule has 2 fully saturated rings. The molecule has 8 nitrogen and oxygen atoms in total. The Labute approximate surface area is 150 Å². The fraction of sp³-hybridized carbons (Fsp3) is 0.688. The Morgan fingerprint density at radius 3 is 2.76 bits per heavy atom. The zero-order valence-electron chi connectivity index (χ0n) is 14.3. The van der Waals surface area contributed by atoms with Gasteiger partial charge in [-0.1, -0.05) is 37.5 Å². The number of anilines is 1. The number of nitrogens with zero attached hydrogens (tertiary/aromatic N) is 3. The number of rotatable bonds is 6. The van der Waals surface area contributed by atoms with Crippen LogP contribution in [-0.4, -0.2) is 45.0 Å². The van der Waals surface area contributed by atoms with Gasteiger partial charge in [0.1, 0.15) is 10.5 Å². The molecule has 1 aromatic rings. The second kappa shape index (κ2) is 7.47. The van der Waals surface area contributed by atoms with Gasteiger partial charge < -0.3 is 10.6 Å². The van der Waals surface area contributed by atoms with Crippen molar-refractivity contribution in [2.45, 2.75) is 63.8 Å². The van der Waals surface area contributed by atoms with Crippen LogP contribution in [0.5, 0.6) is 0 Å². The van der Waals surface area contributed by atoms with E-state index in [4.69, 9.17) is 0 Å². The van der Waals surface area contributed by atoms with E-state index in [0.717, 1.165) is 37.1 Å². The molecule has 1 saturated carbocycles. The molecule has 0 atom stereocenters. The van der Waals surface area contributed by atoms with Gasteiger partial charge in [0.25, 0.3) is 5.91 Å². The first-order valence-electron chi connectivity index (χ1n) is 8.80. The number of carbonyl (C=O) groups is 3. The first-order valence-corrected chi connectivity index (χ1v) is 9.62. The van der Waals surface area contributed by atoms with E-state index in [0.29, 0.717) is 18.0 Å². The minimum atomic E-state index is -0.736. The molecule has 1 spiro atoms. The number of amides is 4. The summed E-state index contributed by atoms with van der Waals surface area (Å²) >= 11 is 1.35. The Morgan fingerprint density at radius 2 is 2.04 bits per heavy atom. The van der Waals surface area contributed by atoms with Gasteiger partial charge in [-0.3, -0.25) is 14.5 Å². The van der Waals surface area contributed by atoms with Crippen LogP contribution in [0.4, 0.5) is 9.93 Å². The van der Waals surface area contributed by atoms with Crippen LogP contribution >= 0.6 is 11.3 Å². The highest BCUT2D eigenvalue weighted by Crippen LogP contribution is 2.33. The Hall–Kier alpha value is -2.03. The molecule has 0 unspecified atom stereocenters. The van der Waals surface area contributed by atoms with E-state index in [1.165, 1.54) is 16.2 Å². The van der Waals surface area contributed by atoms with Crippen LogP contribution < -0.4 is 10.6 Å². The fourth-order valence-electron chi connectivity index (χ4n) is 3.39. The standard InChI is InChI=1S/C16H23N5O3S/c1-2-6-12-19-20-14(25-12)17-11(22)7-10-21-13(23)16(18-15(21)24)8-4-3-5-9-16/h2-10H2,1H3,(H,18,24)(H,17,20,22). The summed E-state index contributed by atoms with van der Waals surface area (Å²) in [5, 5.41) is 14.8. The van der Waals surface area contributed by atoms with Crippen molar-refractivity contribution in [1.29, 1.82) is 0 Å². The predicted octanol–water partition coefficient (Wildman–Crippen LogP) is 2.07. The van der Waals surface area contributed by atoms with Crippen molar-refractivity contribution in [1.82, 2.24) is 20.4 Å². The molecule has 1 aliphatic heterocycles. The molecule has 4 amide bonds. The summed E-state index contributed by atoms with van der Waals surface area (Å²) in [4.78, 5) is 38.0. The monoisotopic (exact) mass is 365 g/mol. The van der Waals surface area contributed by atoms with Crippen molar-refractivity contribution < 1.29 is 14.4 Å². The summed E-state index contributed by atoms with van der Waals surface area (Å²) in [6.07, 6.45) is 6.20. The number of aryl methyl sites for hydroxylation is 1. The minimum absolute atomic E-state index is 0.0535. The number of imide groups is 1. The third-order valence-electron chi connectivity index (χ3n) is 4.69. The summed E-state index contributed by atoms with van der Waals surface area (Å²) in [6.45, 7) is 2.13. The summed E-state index contributed by atoms with van der Waals surface area (Å²) in [6, 6.07) is -0.388. The van der Waals surface area contributed by atoms with Crippen LogP contribution in [0.3, 0.4) is 0 Å². The van der Waals surface area contributed by atoms with E-state index >= 15 is 0 Å². The molecule has 136 valence electrons. The number of urea groups is 1. The molecule has 3 rings (SSSR count).